The lowest BCUT2D eigenvalue weighted by atomic mass is 10.1. The van der Waals surface area contributed by atoms with Crippen molar-refractivity contribution in [3.63, 3.8) is 0 Å². The smallest absolute Gasteiger partial charge is 0.264 e. The molecule has 0 unspecified atom stereocenters. The lowest BCUT2D eigenvalue weighted by molar-refractivity contribution is -0.139. The highest BCUT2D eigenvalue weighted by atomic mass is 35.5. The molecule has 8 nitrogen and oxygen atoms in total. The van der Waals surface area contributed by atoms with Gasteiger partial charge in [-0.1, -0.05) is 59.6 Å². The number of likely N-dealkylation sites (N-methyl/N-ethyl adjacent to an activating group) is 1. The van der Waals surface area contributed by atoms with E-state index in [2.05, 4.69) is 5.32 Å². The van der Waals surface area contributed by atoms with Crippen LogP contribution in [0.5, 0.6) is 5.75 Å². The number of para-hydroxylation sites is 2. The molecule has 0 bridgehead atoms. The van der Waals surface area contributed by atoms with Crippen LogP contribution in [0.3, 0.4) is 0 Å². The van der Waals surface area contributed by atoms with Crippen molar-refractivity contribution in [3.8, 4) is 5.75 Å². The van der Waals surface area contributed by atoms with Crippen molar-refractivity contribution in [3.05, 3.63) is 88.4 Å². The number of ether oxygens (including phenoxy) is 1. The molecule has 0 heterocycles. The monoisotopic (exact) mass is 577 g/mol. The molecule has 3 aromatic carbocycles. The Kier molecular flexibility index (Phi) is 10.0. The fraction of sp³-hybridized carbons (Fsp3) is 0.259. The first-order valence-corrected chi connectivity index (χ1v) is 14.0. The number of hydrogen-bond acceptors (Lipinski definition) is 5. The fourth-order valence-corrected chi connectivity index (χ4v) is 5.79. The van der Waals surface area contributed by atoms with Crippen molar-refractivity contribution in [1.29, 1.82) is 0 Å². The van der Waals surface area contributed by atoms with Gasteiger partial charge in [0.05, 0.1) is 17.7 Å². The summed E-state index contributed by atoms with van der Waals surface area (Å²) in [6.07, 6.45) is 0. The van der Waals surface area contributed by atoms with Crippen LogP contribution in [0.15, 0.2) is 77.7 Å². The molecule has 1 atom stereocenters. The van der Waals surface area contributed by atoms with Gasteiger partial charge in [-0.25, -0.2) is 8.42 Å². The zero-order valence-corrected chi connectivity index (χ0v) is 23.6. The number of halogens is 2. The molecule has 1 N–H and O–H groups in total. The SMILES string of the molecule is CCNC(=O)[C@@H](C)N(Cc1c(Cl)cccc1Cl)C(=O)CN(c1ccccc1OC)S(=O)(=O)c1ccccc1. The number of hydrogen-bond donors (Lipinski definition) is 1. The quantitative estimate of drug-likeness (QED) is 0.354. The molecule has 202 valence electrons. The summed E-state index contributed by atoms with van der Waals surface area (Å²) >= 11 is 12.7. The summed E-state index contributed by atoms with van der Waals surface area (Å²) < 4.78 is 34.0. The highest BCUT2D eigenvalue weighted by Crippen LogP contribution is 2.33. The third kappa shape index (κ3) is 6.59. The summed E-state index contributed by atoms with van der Waals surface area (Å²) in [5.74, 6) is -0.777. The summed E-state index contributed by atoms with van der Waals surface area (Å²) in [6, 6.07) is 18.2. The van der Waals surface area contributed by atoms with Crippen LogP contribution in [0, 0.1) is 0 Å². The summed E-state index contributed by atoms with van der Waals surface area (Å²) in [4.78, 5) is 28.0. The van der Waals surface area contributed by atoms with Gasteiger partial charge < -0.3 is 15.0 Å². The van der Waals surface area contributed by atoms with Gasteiger partial charge in [-0.3, -0.25) is 13.9 Å². The van der Waals surface area contributed by atoms with Crippen LogP contribution in [0.25, 0.3) is 0 Å². The maximum Gasteiger partial charge on any atom is 0.264 e. The first kappa shape index (κ1) is 29.3. The Balaban J connectivity index is 2.09. The van der Waals surface area contributed by atoms with Gasteiger partial charge in [-0.05, 0) is 50.2 Å². The van der Waals surface area contributed by atoms with Crippen LogP contribution in [0.1, 0.15) is 19.4 Å². The maximum absolute atomic E-state index is 13.9. The highest BCUT2D eigenvalue weighted by Gasteiger charge is 2.34. The Hall–Kier alpha value is -3.27. The van der Waals surface area contributed by atoms with E-state index in [4.69, 9.17) is 27.9 Å². The lowest BCUT2D eigenvalue weighted by Crippen LogP contribution is -2.51. The van der Waals surface area contributed by atoms with E-state index in [0.717, 1.165) is 4.31 Å². The molecule has 0 aromatic heterocycles. The molecule has 11 heteroatoms. The van der Waals surface area contributed by atoms with Crippen molar-refractivity contribution < 1.29 is 22.7 Å². The van der Waals surface area contributed by atoms with E-state index in [-0.39, 0.29) is 22.9 Å². The number of anilines is 1. The highest BCUT2D eigenvalue weighted by molar-refractivity contribution is 7.92. The second kappa shape index (κ2) is 13.0. The molecule has 0 aliphatic heterocycles. The molecular formula is C27H29Cl2N3O5S. The van der Waals surface area contributed by atoms with Crippen LogP contribution in [0.2, 0.25) is 10.0 Å². The van der Waals surface area contributed by atoms with Gasteiger partial charge in [-0.2, -0.15) is 0 Å². The topological polar surface area (TPSA) is 96.0 Å². The molecule has 0 saturated carbocycles. The van der Waals surface area contributed by atoms with Gasteiger partial charge in [0.15, 0.2) is 0 Å². The van der Waals surface area contributed by atoms with Crippen LogP contribution < -0.4 is 14.4 Å². The molecule has 0 aliphatic rings. The Bertz CT molecular complexity index is 1370. The van der Waals surface area contributed by atoms with Gasteiger partial charge in [0.25, 0.3) is 10.0 Å². The predicted octanol–water partition coefficient (Wildman–Crippen LogP) is 4.75. The minimum Gasteiger partial charge on any atom is -0.495 e. The Morgan fingerprint density at radius 1 is 0.947 bits per heavy atom. The Labute approximate surface area is 233 Å². The van der Waals surface area contributed by atoms with Gasteiger partial charge >= 0.3 is 0 Å². The Morgan fingerprint density at radius 3 is 2.16 bits per heavy atom. The molecule has 3 aromatic rings. The first-order chi connectivity index (χ1) is 18.1. The van der Waals surface area contributed by atoms with E-state index in [9.17, 15) is 18.0 Å². The number of amides is 2. The number of nitrogens with one attached hydrogen (secondary N) is 1. The van der Waals surface area contributed by atoms with Crippen LogP contribution in [-0.4, -0.2) is 51.4 Å². The van der Waals surface area contributed by atoms with Crippen molar-refractivity contribution >= 4 is 50.7 Å². The second-order valence-corrected chi connectivity index (χ2v) is 11.0. The summed E-state index contributed by atoms with van der Waals surface area (Å²) in [7, 11) is -2.79. The molecule has 0 saturated heterocycles. The number of benzene rings is 3. The van der Waals surface area contributed by atoms with E-state index in [1.165, 1.54) is 24.1 Å². The third-order valence-corrected chi connectivity index (χ3v) is 8.35. The van der Waals surface area contributed by atoms with Gasteiger partial charge in [0.2, 0.25) is 11.8 Å². The number of nitrogens with zero attached hydrogens (tertiary/aromatic N) is 2. The minimum absolute atomic E-state index is 0.00354. The molecule has 0 aliphatic carbocycles. The Morgan fingerprint density at radius 2 is 1.55 bits per heavy atom. The van der Waals surface area contributed by atoms with Crippen molar-refractivity contribution in [2.75, 3.05) is 24.5 Å². The summed E-state index contributed by atoms with van der Waals surface area (Å²) in [6.45, 7) is 2.96. The zero-order valence-electron chi connectivity index (χ0n) is 21.2. The van der Waals surface area contributed by atoms with Gasteiger partial charge in [0.1, 0.15) is 18.3 Å². The van der Waals surface area contributed by atoms with E-state index < -0.39 is 34.4 Å². The number of carbonyl (C=O) groups is 2. The molecule has 0 fully saturated rings. The molecule has 38 heavy (non-hydrogen) atoms. The average molecular weight is 579 g/mol. The number of sulfonamides is 1. The van der Waals surface area contributed by atoms with Gasteiger partial charge in [0, 0.05) is 28.7 Å². The number of rotatable bonds is 11. The molecule has 3 rings (SSSR count). The standard InChI is InChI=1S/C27H29Cl2N3O5S/c1-4-30-27(34)19(2)31(17-21-22(28)13-10-14-23(21)29)26(33)18-32(24-15-8-9-16-25(24)37-3)38(35,36)20-11-6-5-7-12-20/h5-16,19H,4,17-18H2,1-3H3,(H,30,34)/t19-/m1/s1. The van der Waals surface area contributed by atoms with E-state index in [1.807, 2.05) is 0 Å². The van der Waals surface area contributed by atoms with Crippen molar-refractivity contribution in [1.82, 2.24) is 10.2 Å². The average Bonchev–Trinajstić information content (AvgIpc) is 2.91. The van der Waals surface area contributed by atoms with Crippen LogP contribution >= 0.6 is 23.2 Å². The molecule has 0 spiro atoms. The fourth-order valence-electron chi connectivity index (χ4n) is 3.83. The second-order valence-electron chi connectivity index (χ2n) is 8.29. The molecular weight excluding hydrogens is 549 g/mol. The zero-order chi connectivity index (χ0) is 27.9. The van der Waals surface area contributed by atoms with Crippen molar-refractivity contribution in [2.24, 2.45) is 0 Å². The number of methoxy groups -OCH3 is 1. The number of carbonyl (C=O) groups excluding carboxylic acids is 2. The van der Waals surface area contributed by atoms with Crippen LogP contribution in [-0.2, 0) is 26.2 Å². The van der Waals surface area contributed by atoms with Gasteiger partial charge in [-0.15, -0.1) is 0 Å². The molecule has 2 amide bonds. The molecule has 0 radical (unpaired) electrons. The summed E-state index contributed by atoms with van der Waals surface area (Å²) in [5.41, 5.74) is 0.615. The third-order valence-electron chi connectivity index (χ3n) is 5.87. The summed E-state index contributed by atoms with van der Waals surface area (Å²) in [5, 5.41) is 3.34. The maximum atomic E-state index is 13.9. The normalized spacial score (nSPS) is 11.9. The van der Waals surface area contributed by atoms with Crippen LogP contribution in [0.4, 0.5) is 5.69 Å². The first-order valence-electron chi connectivity index (χ1n) is 11.8. The van der Waals surface area contributed by atoms with E-state index in [1.54, 1.807) is 74.5 Å². The van der Waals surface area contributed by atoms with E-state index in [0.29, 0.717) is 22.2 Å². The van der Waals surface area contributed by atoms with Crippen molar-refractivity contribution in [2.45, 2.75) is 31.3 Å². The minimum atomic E-state index is -4.21. The largest absolute Gasteiger partial charge is 0.495 e. The lowest BCUT2D eigenvalue weighted by Gasteiger charge is -2.32. The van der Waals surface area contributed by atoms with E-state index >= 15 is 0 Å². The predicted molar refractivity (Wildman–Crippen MR) is 149 cm³/mol.